The Bertz CT molecular complexity index is 443. The first-order valence-corrected chi connectivity index (χ1v) is 7.28. The molecular formula is C15H25N3O. The second-order valence-corrected chi connectivity index (χ2v) is 5.56. The summed E-state index contributed by atoms with van der Waals surface area (Å²) in [7, 11) is 2.16. The fraction of sp³-hybridized carbons (Fsp3) is 0.667. The molecule has 1 aliphatic carbocycles. The van der Waals surface area contributed by atoms with Gasteiger partial charge in [-0.2, -0.15) is 0 Å². The topological polar surface area (TPSA) is 51.3 Å². The van der Waals surface area contributed by atoms with Gasteiger partial charge in [-0.3, -0.25) is 4.79 Å². The SMILES string of the molecule is CN(CCn1ccccc1=O)C1CCCCC1CN. The van der Waals surface area contributed by atoms with Gasteiger partial charge >= 0.3 is 0 Å². The number of pyridine rings is 1. The highest BCUT2D eigenvalue weighted by Gasteiger charge is 2.26. The molecule has 4 heteroatoms. The molecule has 1 saturated carbocycles. The maximum atomic E-state index is 11.7. The van der Waals surface area contributed by atoms with Crippen LogP contribution >= 0.6 is 0 Å². The van der Waals surface area contributed by atoms with E-state index in [1.54, 1.807) is 16.7 Å². The van der Waals surface area contributed by atoms with Crippen molar-refractivity contribution in [2.75, 3.05) is 20.1 Å². The first-order valence-electron chi connectivity index (χ1n) is 7.28. The van der Waals surface area contributed by atoms with Gasteiger partial charge < -0.3 is 15.2 Å². The molecule has 0 aromatic carbocycles. The van der Waals surface area contributed by atoms with Crippen molar-refractivity contribution in [2.45, 2.75) is 38.3 Å². The first kappa shape index (κ1) is 14.3. The Morgan fingerprint density at radius 2 is 2.16 bits per heavy atom. The highest BCUT2D eigenvalue weighted by molar-refractivity contribution is 4.93. The Hall–Kier alpha value is -1.13. The summed E-state index contributed by atoms with van der Waals surface area (Å²) in [5.41, 5.74) is 5.96. The van der Waals surface area contributed by atoms with Crippen LogP contribution in [0.25, 0.3) is 0 Å². The molecule has 1 aromatic heterocycles. The van der Waals surface area contributed by atoms with Crippen LogP contribution in [0.15, 0.2) is 29.2 Å². The van der Waals surface area contributed by atoms with Gasteiger partial charge in [-0.05, 0) is 38.4 Å². The van der Waals surface area contributed by atoms with E-state index < -0.39 is 0 Å². The van der Waals surface area contributed by atoms with E-state index in [9.17, 15) is 4.79 Å². The van der Waals surface area contributed by atoms with Gasteiger partial charge in [0.25, 0.3) is 5.56 Å². The molecule has 1 aromatic rings. The Morgan fingerprint density at radius 1 is 1.37 bits per heavy atom. The van der Waals surface area contributed by atoms with Crippen LogP contribution in [0.3, 0.4) is 0 Å². The van der Waals surface area contributed by atoms with Gasteiger partial charge in [0.2, 0.25) is 0 Å². The molecule has 2 rings (SSSR count). The molecule has 0 amide bonds. The summed E-state index contributed by atoms with van der Waals surface area (Å²) in [6.07, 6.45) is 6.96. The molecule has 106 valence electrons. The number of nitrogens with zero attached hydrogens (tertiary/aromatic N) is 2. The summed E-state index contributed by atoms with van der Waals surface area (Å²) < 4.78 is 1.77. The van der Waals surface area contributed by atoms with Gasteiger partial charge in [0.05, 0.1) is 0 Å². The zero-order chi connectivity index (χ0) is 13.7. The Balaban J connectivity index is 1.91. The minimum Gasteiger partial charge on any atom is -0.330 e. The first-order chi connectivity index (χ1) is 9.22. The van der Waals surface area contributed by atoms with Crippen molar-refractivity contribution < 1.29 is 0 Å². The van der Waals surface area contributed by atoms with Crippen LogP contribution in [0.1, 0.15) is 25.7 Å². The highest BCUT2D eigenvalue weighted by atomic mass is 16.1. The number of aromatic nitrogens is 1. The van der Waals surface area contributed by atoms with Crippen molar-refractivity contribution in [1.29, 1.82) is 0 Å². The molecule has 1 aliphatic rings. The van der Waals surface area contributed by atoms with Gasteiger partial charge in [0.15, 0.2) is 0 Å². The van der Waals surface area contributed by atoms with Crippen LogP contribution in [-0.4, -0.2) is 35.6 Å². The zero-order valence-corrected chi connectivity index (χ0v) is 11.8. The average molecular weight is 263 g/mol. The van der Waals surface area contributed by atoms with Crippen LogP contribution in [-0.2, 0) is 6.54 Å². The van der Waals surface area contributed by atoms with Crippen molar-refractivity contribution >= 4 is 0 Å². The number of likely N-dealkylation sites (N-methyl/N-ethyl adjacent to an activating group) is 1. The summed E-state index contributed by atoms with van der Waals surface area (Å²) in [5.74, 6) is 0.617. The lowest BCUT2D eigenvalue weighted by Gasteiger charge is -2.37. The molecule has 0 spiro atoms. The Kier molecular flexibility index (Phi) is 5.16. The molecular weight excluding hydrogens is 238 g/mol. The Morgan fingerprint density at radius 3 is 2.89 bits per heavy atom. The molecule has 2 atom stereocenters. The van der Waals surface area contributed by atoms with Crippen molar-refractivity contribution in [3.8, 4) is 0 Å². The third-order valence-corrected chi connectivity index (χ3v) is 4.33. The van der Waals surface area contributed by atoms with Crippen LogP contribution in [0.5, 0.6) is 0 Å². The van der Waals surface area contributed by atoms with E-state index in [1.807, 2.05) is 12.3 Å². The second-order valence-electron chi connectivity index (χ2n) is 5.56. The van der Waals surface area contributed by atoms with Gasteiger partial charge in [0, 0.05) is 31.4 Å². The van der Waals surface area contributed by atoms with E-state index in [2.05, 4.69) is 11.9 Å². The summed E-state index contributed by atoms with van der Waals surface area (Å²) in [6, 6.07) is 5.89. The fourth-order valence-electron chi connectivity index (χ4n) is 3.12. The molecule has 19 heavy (non-hydrogen) atoms. The largest absolute Gasteiger partial charge is 0.330 e. The van der Waals surface area contributed by atoms with E-state index in [0.29, 0.717) is 12.0 Å². The van der Waals surface area contributed by atoms with Gasteiger partial charge in [-0.25, -0.2) is 0 Å². The number of rotatable bonds is 5. The third kappa shape index (κ3) is 3.67. The minimum atomic E-state index is 0.0786. The van der Waals surface area contributed by atoms with E-state index in [-0.39, 0.29) is 5.56 Å². The van der Waals surface area contributed by atoms with Gasteiger partial charge in [0.1, 0.15) is 0 Å². The smallest absolute Gasteiger partial charge is 0.250 e. The van der Waals surface area contributed by atoms with Crippen LogP contribution in [0.4, 0.5) is 0 Å². The molecule has 4 nitrogen and oxygen atoms in total. The monoisotopic (exact) mass is 263 g/mol. The second kappa shape index (κ2) is 6.87. The predicted octanol–water partition coefficient (Wildman–Crippen LogP) is 1.30. The lowest BCUT2D eigenvalue weighted by molar-refractivity contribution is 0.129. The number of hydrogen-bond donors (Lipinski definition) is 1. The van der Waals surface area contributed by atoms with Crippen molar-refractivity contribution in [3.63, 3.8) is 0 Å². The Labute approximate surface area is 115 Å². The van der Waals surface area contributed by atoms with E-state index >= 15 is 0 Å². The number of nitrogens with two attached hydrogens (primary N) is 1. The molecule has 1 fully saturated rings. The minimum absolute atomic E-state index is 0.0786. The average Bonchev–Trinajstić information content (AvgIpc) is 2.46. The normalized spacial score (nSPS) is 23.7. The maximum absolute atomic E-state index is 11.7. The van der Waals surface area contributed by atoms with Crippen LogP contribution in [0, 0.1) is 5.92 Å². The third-order valence-electron chi connectivity index (χ3n) is 4.33. The lowest BCUT2D eigenvalue weighted by atomic mass is 9.84. The van der Waals surface area contributed by atoms with Gasteiger partial charge in [-0.1, -0.05) is 18.9 Å². The molecule has 0 bridgehead atoms. The van der Waals surface area contributed by atoms with E-state index in [1.165, 1.54) is 25.7 Å². The summed E-state index contributed by atoms with van der Waals surface area (Å²) in [6.45, 7) is 2.44. The van der Waals surface area contributed by atoms with Crippen molar-refractivity contribution in [2.24, 2.45) is 11.7 Å². The maximum Gasteiger partial charge on any atom is 0.250 e. The van der Waals surface area contributed by atoms with Crippen LogP contribution in [0.2, 0.25) is 0 Å². The van der Waals surface area contributed by atoms with E-state index in [0.717, 1.165) is 19.6 Å². The lowest BCUT2D eigenvalue weighted by Crippen LogP contribution is -2.44. The van der Waals surface area contributed by atoms with Crippen molar-refractivity contribution in [1.82, 2.24) is 9.47 Å². The highest BCUT2D eigenvalue weighted by Crippen LogP contribution is 2.26. The van der Waals surface area contributed by atoms with Crippen LogP contribution < -0.4 is 11.3 Å². The molecule has 0 radical (unpaired) electrons. The predicted molar refractivity (Wildman–Crippen MR) is 78.1 cm³/mol. The van der Waals surface area contributed by atoms with Crippen molar-refractivity contribution in [3.05, 3.63) is 34.7 Å². The summed E-state index contributed by atoms with van der Waals surface area (Å²) in [4.78, 5) is 14.0. The molecule has 2 unspecified atom stereocenters. The summed E-state index contributed by atoms with van der Waals surface area (Å²) in [5, 5.41) is 0. The van der Waals surface area contributed by atoms with Gasteiger partial charge in [-0.15, -0.1) is 0 Å². The fourth-order valence-corrected chi connectivity index (χ4v) is 3.12. The molecule has 2 N–H and O–H groups in total. The van der Waals surface area contributed by atoms with E-state index in [4.69, 9.17) is 5.73 Å². The quantitative estimate of drug-likeness (QED) is 0.871. The standard InChI is InChI=1S/C15H25N3O/c1-17(14-7-3-2-6-13(14)12-16)10-11-18-9-5-4-8-15(18)19/h4-5,8-9,13-14H,2-3,6-7,10-12,16H2,1H3. The summed E-state index contributed by atoms with van der Waals surface area (Å²) >= 11 is 0. The molecule has 0 aliphatic heterocycles. The molecule has 0 saturated heterocycles. The number of hydrogen-bond acceptors (Lipinski definition) is 3. The molecule has 1 heterocycles. The zero-order valence-electron chi connectivity index (χ0n) is 11.8.